The highest BCUT2D eigenvalue weighted by Crippen LogP contribution is 2.31. The molecule has 3 aromatic rings. The van der Waals surface area contributed by atoms with Gasteiger partial charge in [-0.1, -0.05) is 29.0 Å². The Hall–Kier alpha value is -1.92. The smallest absolute Gasteiger partial charge is 0.189 e. The first kappa shape index (κ1) is 12.1. The zero-order chi connectivity index (χ0) is 13.4. The number of aromatic nitrogens is 3. The summed E-state index contributed by atoms with van der Waals surface area (Å²) in [6, 6.07) is 6.11. The molecule has 0 aliphatic rings. The molecule has 0 aliphatic carbocycles. The van der Waals surface area contributed by atoms with Crippen LogP contribution in [0.25, 0.3) is 10.2 Å². The number of anilines is 3. The van der Waals surface area contributed by atoms with Gasteiger partial charge < -0.3 is 11.1 Å². The van der Waals surface area contributed by atoms with E-state index < -0.39 is 0 Å². The summed E-state index contributed by atoms with van der Waals surface area (Å²) in [4.78, 5) is 12.3. The van der Waals surface area contributed by atoms with Crippen molar-refractivity contribution in [2.45, 2.75) is 6.92 Å². The Labute approximate surface area is 118 Å². The van der Waals surface area contributed by atoms with Crippen LogP contribution >= 0.6 is 22.9 Å². The molecule has 7 heteroatoms. The minimum absolute atomic E-state index is 0.231. The summed E-state index contributed by atoms with van der Waals surface area (Å²) in [5, 5.41) is 4.02. The number of nitrogens with two attached hydrogens (primary N) is 1. The molecular formula is C12H10ClN5S. The number of nitrogens with zero attached hydrogens (tertiary/aromatic N) is 3. The molecule has 0 spiro atoms. The second-order valence-corrected chi connectivity index (χ2v) is 5.43. The van der Waals surface area contributed by atoms with E-state index in [2.05, 4.69) is 33.3 Å². The van der Waals surface area contributed by atoms with Crippen LogP contribution in [0.5, 0.6) is 0 Å². The normalized spacial score (nSPS) is 10.8. The van der Waals surface area contributed by atoms with Crippen molar-refractivity contribution in [1.82, 2.24) is 15.0 Å². The first-order valence-electron chi connectivity index (χ1n) is 5.53. The van der Waals surface area contributed by atoms with Gasteiger partial charge in [-0.3, -0.25) is 0 Å². The highest BCUT2D eigenvalue weighted by Gasteiger charge is 2.09. The Kier molecular flexibility index (Phi) is 2.96. The predicted octanol–water partition coefficient (Wildman–Crippen LogP) is 3.37. The van der Waals surface area contributed by atoms with Gasteiger partial charge in [0, 0.05) is 0 Å². The van der Waals surface area contributed by atoms with Crippen molar-refractivity contribution in [2.75, 3.05) is 11.1 Å². The largest absolute Gasteiger partial charge is 0.393 e. The molecule has 2 heterocycles. The molecule has 0 saturated heterocycles. The molecule has 5 nitrogen and oxygen atoms in total. The molecule has 0 bridgehead atoms. The van der Waals surface area contributed by atoms with Crippen LogP contribution in [0.3, 0.4) is 0 Å². The number of hydrogen-bond acceptors (Lipinski definition) is 6. The molecule has 0 unspecified atom stereocenters. The molecule has 3 rings (SSSR count). The van der Waals surface area contributed by atoms with Crippen molar-refractivity contribution in [3.8, 4) is 0 Å². The molecule has 3 N–H and O–H groups in total. The van der Waals surface area contributed by atoms with Gasteiger partial charge in [-0.05, 0) is 24.6 Å². The molecule has 19 heavy (non-hydrogen) atoms. The molecule has 2 aromatic heterocycles. The molecule has 0 atom stereocenters. The van der Waals surface area contributed by atoms with E-state index in [9.17, 15) is 0 Å². The second kappa shape index (κ2) is 4.64. The summed E-state index contributed by atoms with van der Waals surface area (Å²) in [5.74, 6) is 0.468. The van der Waals surface area contributed by atoms with E-state index in [1.165, 1.54) is 23.2 Å². The number of fused-ring (bicyclic) bond motifs is 1. The minimum atomic E-state index is 0.231. The van der Waals surface area contributed by atoms with Crippen LogP contribution in [0.1, 0.15) is 5.56 Å². The molecule has 0 amide bonds. The van der Waals surface area contributed by atoms with Crippen LogP contribution in [0.2, 0.25) is 5.15 Å². The Morgan fingerprint density at radius 3 is 3.00 bits per heavy atom. The summed E-state index contributed by atoms with van der Waals surface area (Å²) < 4.78 is 1.11. The zero-order valence-corrected chi connectivity index (χ0v) is 11.6. The third-order valence-corrected chi connectivity index (χ3v) is 3.84. The lowest BCUT2D eigenvalue weighted by molar-refractivity contribution is 1.17. The Balaban J connectivity index is 1.99. The first-order valence-corrected chi connectivity index (χ1v) is 6.73. The molecule has 0 fully saturated rings. The number of rotatable bonds is 2. The van der Waals surface area contributed by atoms with Gasteiger partial charge in [0.05, 0.1) is 10.2 Å². The Morgan fingerprint density at radius 1 is 1.32 bits per heavy atom. The second-order valence-electron chi connectivity index (χ2n) is 4.04. The van der Waals surface area contributed by atoms with Crippen molar-refractivity contribution < 1.29 is 0 Å². The van der Waals surface area contributed by atoms with Gasteiger partial charge in [0.2, 0.25) is 0 Å². The monoisotopic (exact) mass is 291 g/mol. The summed E-state index contributed by atoms with van der Waals surface area (Å²) in [5.41, 5.74) is 8.27. The van der Waals surface area contributed by atoms with E-state index in [0.717, 1.165) is 15.3 Å². The number of aryl methyl sites for hydroxylation is 1. The highest BCUT2D eigenvalue weighted by atomic mass is 35.5. The third-order valence-electron chi connectivity index (χ3n) is 2.60. The average Bonchev–Trinajstić information content (AvgIpc) is 2.76. The fourth-order valence-corrected chi connectivity index (χ4v) is 2.76. The predicted molar refractivity (Wildman–Crippen MR) is 79.1 cm³/mol. The van der Waals surface area contributed by atoms with Crippen molar-refractivity contribution in [3.05, 3.63) is 35.2 Å². The maximum atomic E-state index is 5.85. The average molecular weight is 292 g/mol. The van der Waals surface area contributed by atoms with Crippen molar-refractivity contribution in [2.24, 2.45) is 0 Å². The van der Waals surface area contributed by atoms with E-state index in [0.29, 0.717) is 11.5 Å². The number of nitrogen functional groups attached to an aromatic ring is 1. The fourth-order valence-electron chi connectivity index (χ4n) is 1.66. The zero-order valence-electron chi connectivity index (χ0n) is 10.0. The molecule has 0 saturated carbocycles. The highest BCUT2D eigenvalue weighted by molar-refractivity contribution is 7.22. The van der Waals surface area contributed by atoms with Gasteiger partial charge in [-0.15, -0.1) is 0 Å². The van der Waals surface area contributed by atoms with Gasteiger partial charge in [-0.2, -0.15) is 0 Å². The molecule has 96 valence electrons. The summed E-state index contributed by atoms with van der Waals surface area (Å²) in [6.07, 6.45) is 1.36. The maximum absolute atomic E-state index is 5.85. The number of hydrogen-bond donors (Lipinski definition) is 2. The fraction of sp³-hybridized carbons (Fsp3) is 0.0833. The Bertz CT molecular complexity index is 755. The number of benzene rings is 1. The van der Waals surface area contributed by atoms with E-state index in [1.807, 2.05) is 12.1 Å². The van der Waals surface area contributed by atoms with Gasteiger partial charge in [0.15, 0.2) is 16.1 Å². The topological polar surface area (TPSA) is 76.7 Å². The van der Waals surface area contributed by atoms with Crippen LogP contribution in [0.4, 0.5) is 16.6 Å². The standard InChI is InChI=1S/C12H10ClN5S/c1-6-2-3-7-8(4-6)19-12(17-7)18-11-9(14)10(13)15-5-16-11/h2-5H,14H2,1H3,(H,15,16,17,18). The lowest BCUT2D eigenvalue weighted by atomic mass is 10.2. The van der Waals surface area contributed by atoms with Gasteiger partial charge >= 0.3 is 0 Å². The minimum Gasteiger partial charge on any atom is -0.393 e. The first-order chi connectivity index (χ1) is 9.13. The van der Waals surface area contributed by atoms with Crippen molar-refractivity contribution in [3.63, 3.8) is 0 Å². The SMILES string of the molecule is Cc1ccc2nc(Nc3ncnc(Cl)c3N)sc2c1. The third kappa shape index (κ3) is 2.32. The van der Waals surface area contributed by atoms with E-state index in [-0.39, 0.29) is 5.15 Å². The van der Waals surface area contributed by atoms with Crippen LogP contribution in [0, 0.1) is 6.92 Å². The van der Waals surface area contributed by atoms with Crippen LogP contribution < -0.4 is 11.1 Å². The summed E-state index contributed by atoms with van der Waals surface area (Å²) in [6.45, 7) is 2.05. The summed E-state index contributed by atoms with van der Waals surface area (Å²) >= 11 is 7.39. The number of nitrogens with one attached hydrogen (secondary N) is 1. The van der Waals surface area contributed by atoms with Gasteiger partial charge in [0.25, 0.3) is 0 Å². The van der Waals surface area contributed by atoms with Crippen molar-refractivity contribution in [1.29, 1.82) is 0 Å². The quantitative estimate of drug-likeness (QED) is 0.708. The Morgan fingerprint density at radius 2 is 2.16 bits per heavy atom. The maximum Gasteiger partial charge on any atom is 0.189 e. The van der Waals surface area contributed by atoms with E-state index >= 15 is 0 Å². The number of halogens is 1. The lowest BCUT2D eigenvalue weighted by Crippen LogP contribution is -2.00. The molecule has 0 aliphatic heterocycles. The molecular weight excluding hydrogens is 282 g/mol. The van der Waals surface area contributed by atoms with E-state index in [1.54, 1.807) is 0 Å². The molecule has 0 radical (unpaired) electrons. The molecule has 1 aromatic carbocycles. The van der Waals surface area contributed by atoms with Gasteiger partial charge in [-0.25, -0.2) is 15.0 Å². The summed E-state index contributed by atoms with van der Waals surface area (Å²) in [7, 11) is 0. The number of thiazole rings is 1. The van der Waals surface area contributed by atoms with Crippen LogP contribution in [0.15, 0.2) is 24.5 Å². The van der Waals surface area contributed by atoms with Crippen LogP contribution in [-0.4, -0.2) is 15.0 Å². The van der Waals surface area contributed by atoms with Crippen molar-refractivity contribution >= 4 is 49.8 Å². The lowest BCUT2D eigenvalue weighted by Gasteiger charge is -2.04. The van der Waals surface area contributed by atoms with Crippen LogP contribution in [-0.2, 0) is 0 Å². The van der Waals surface area contributed by atoms with Gasteiger partial charge in [0.1, 0.15) is 12.0 Å². The van der Waals surface area contributed by atoms with E-state index in [4.69, 9.17) is 17.3 Å².